The average molecular weight is 329 g/mol. The molecule has 3 heterocycles. The predicted molar refractivity (Wildman–Crippen MR) is 80.6 cm³/mol. The standard InChI is InChI=1S/C13H19N3O3S2/c17-13(10-8-14-9-10)16-5-3-11(4-6-16)15-21(18,19)12-2-1-7-20-12/h1-2,7,10-11,14-15H,3-6,8-9H2. The van der Waals surface area contributed by atoms with Gasteiger partial charge in [0, 0.05) is 32.2 Å². The molecule has 8 heteroatoms. The number of amides is 1. The Labute approximate surface area is 128 Å². The molecule has 2 saturated heterocycles. The van der Waals surface area contributed by atoms with E-state index in [-0.39, 0.29) is 17.9 Å². The van der Waals surface area contributed by atoms with E-state index in [0.29, 0.717) is 30.1 Å². The summed E-state index contributed by atoms with van der Waals surface area (Å²) in [7, 11) is -3.41. The number of hydrogen-bond acceptors (Lipinski definition) is 5. The SMILES string of the molecule is O=C(C1CNC1)N1CCC(NS(=O)(=O)c2cccs2)CC1. The molecule has 0 atom stereocenters. The number of carbonyl (C=O) groups is 1. The van der Waals surface area contributed by atoms with Crippen LogP contribution in [-0.2, 0) is 14.8 Å². The van der Waals surface area contributed by atoms with Gasteiger partial charge in [-0.2, -0.15) is 0 Å². The lowest BCUT2D eigenvalue weighted by atomic mass is 9.99. The van der Waals surface area contributed by atoms with Gasteiger partial charge >= 0.3 is 0 Å². The summed E-state index contributed by atoms with van der Waals surface area (Å²) in [6.07, 6.45) is 1.35. The smallest absolute Gasteiger partial charge is 0.250 e. The predicted octanol–water partition coefficient (Wildman–Crippen LogP) is 0.237. The first-order valence-electron chi connectivity index (χ1n) is 7.11. The molecule has 0 radical (unpaired) electrons. The molecule has 116 valence electrons. The highest BCUT2D eigenvalue weighted by molar-refractivity contribution is 7.91. The molecule has 2 aliphatic heterocycles. The Morgan fingerprint density at radius 3 is 2.57 bits per heavy atom. The number of hydrogen-bond donors (Lipinski definition) is 2. The van der Waals surface area contributed by atoms with E-state index in [1.807, 2.05) is 4.90 Å². The van der Waals surface area contributed by atoms with E-state index in [0.717, 1.165) is 13.1 Å². The molecule has 2 aliphatic rings. The minimum absolute atomic E-state index is 0.0827. The molecule has 1 aromatic rings. The lowest BCUT2D eigenvalue weighted by molar-refractivity contribution is -0.138. The van der Waals surface area contributed by atoms with Gasteiger partial charge in [0.05, 0.1) is 5.92 Å². The maximum absolute atomic E-state index is 12.2. The zero-order valence-corrected chi connectivity index (χ0v) is 13.3. The van der Waals surface area contributed by atoms with Gasteiger partial charge in [-0.1, -0.05) is 6.07 Å². The molecule has 0 saturated carbocycles. The first kappa shape index (κ1) is 15.0. The molecule has 6 nitrogen and oxygen atoms in total. The van der Waals surface area contributed by atoms with Crippen molar-refractivity contribution in [2.45, 2.75) is 23.1 Å². The molecule has 21 heavy (non-hydrogen) atoms. The zero-order chi connectivity index (χ0) is 14.9. The maximum Gasteiger partial charge on any atom is 0.250 e. The fourth-order valence-corrected chi connectivity index (χ4v) is 4.95. The molecule has 0 aliphatic carbocycles. The summed E-state index contributed by atoms with van der Waals surface area (Å²) in [6, 6.07) is 3.25. The number of thiophene rings is 1. The van der Waals surface area contributed by atoms with Gasteiger partial charge in [0.25, 0.3) is 0 Å². The Morgan fingerprint density at radius 1 is 1.33 bits per heavy atom. The van der Waals surface area contributed by atoms with Crippen molar-refractivity contribution in [3.05, 3.63) is 17.5 Å². The molecule has 1 amide bonds. The molecule has 0 aromatic carbocycles. The fraction of sp³-hybridized carbons (Fsp3) is 0.615. The van der Waals surface area contributed by atoms with E-state index in [4.69, 9.17) is 0 Å². The van der Waals surface area contributed by atoms with Crippen molar-refractivity contribution in [2.24, 2.45) is 5.92 Å². The van der Waals surface area contributed by atoms with Crippen molar-refractivity contribution in [2.75, 3.05) is 26.2 Å². The number of rotatable bonds is 4. The third-order valence-electron chi connectivity index (χ3n) is 4.02. The Kier molecular flexibility index (Phi) is 4.30. The molecule has 2 N–H and O–H groups in total. The maximum atomic E-state index is 12.2. The zero-order valence-electron chi connectivity index (χ0n) is 11.6. The van der Waals surface area contributed by atoms with Crippen molar-refractivity contribution in [1.82, 2.24) is 14.9 Å². The van der Waals surface area contributed by atoms with Gasteiger partial charge in [-0.15, -0.1) is 11.3 Å². The van der Waals surface area contributed by atoms with Crippen molar-refractivity contribution in [1.29, 1.82) is 0 Å². The van der Waals surface area contributed by atoms with Crippen LogP contribution in [0.25, 0.3) is 0 Å². The first-order valence-corrected chi connectivity index (χ1v) is 9.48. The molecular weight excluding hydrogens is 310 g/mol. The van der Waals surface area contributed by atoms with Crippen LogP contribution in [0.1, 0.15) is 12.8 Å². The van der Waals surface area contributed by atoms with Crippen LogP contribution in [0, 0.1) is 5.92 Å². The number of nitrogens with one attached hydrogen (secondary N) is 2. The molecule has 0 bridgehead atoms. The van der Waals surface area contributed by atoms with Gasteiger partial charge in [0.2, 0.25) is 15.9 Å². The minimum atomic E-state index is -3.41. The van der Waals surface area contributed by atoms with Crippen molar-refractivity contribution in [3.63, 3.8) is 0 Å². The number of piperidine rings is 1. The van der Waals surface area contributed by atoms with E-state index in [2.05, 4.69) is 10.0 Å². The summed E-state index contributed by atoms with van der Waals surface area (Å²) < 4.78 is 27.4. The highest BCUT2D eigenvalue weighted by atomic mass is 32.2. The molecule has 2 fully saturated rings. The van der Waals surface area contributed by atoms with E-state index in [1.54, 1.807) is 17.5 Å². The van der Waals surface area contributed by atoms with Gasteiger partial charge < -0.3 is 10.2 Å². The Bertz CT molecular complexity index is 588. The summed E-state index contributed by atoms with van der Waals surface area (Å²) >= 11 is 1.22. The van der Waals surface area contributed by atoms with E-state index < -0.39 is 10.0 Å². The molecule has 1 aromatic heterocycles. The van der Waals surface area contributed by atoms with E-state index in [9.17, 15) is 13.2 Å². The molecule has 3 rings (SSSR count). The van der Waals surface area contributed by atoms with Crippen LogP contribution in [0.4, 0.5) is 0 Å². The summed E-state index contributed by atoms with van der Waals surface area (Å²) in [6.45, 7) is 2.80. The third kappa shape index (κ3) is 3.28. The number of carbonyl (C=O) groups excluding carboxylic acids is 1. The van der Waals surface area contributed by atoms with Gasteiger partial charge in [0.15, 0.2) is 0 Å². The number of likely N-dealkylation sites (tertiary alicyclic amines) is 1. The number of sulfonamides is 1. The lowest BCUT2D eigenvalue weighted by Gasteiger charge is -2.37. The topological polar surface area (TPSA) is 78.5 Å². The second kappa shape index (κ2) is 6.04. The van der Waals surface area contributed by atoms with Crippen molar-refractivity contribution in [3.8, 4) is 0 Å². The quantitative estimate of drug-likeness (QED) is 0.829. The van der Waals surface area contributed by atoms with Crippen LogP contribution in [0.2, 0.25) is 0 Å². The monoisotopic (exact) mass is 329 g/mol. The fourth-order valence-electron chi connectivity index (χ4n) is 2.63. The summed E-state index contributed by atoms with van der Waals surface area (Å²) in [4.78, 5) is 14.0. The van der Waals surface area contributed by atoms with Gasteiger partial charge in [-0.25, -0.2) is 13.1 Å². The molecule has 0 spiro atoms. The largest absolute Gasteiger partial charge is 0.342 e. The van der Waals surface area contributed by atoms with E-state index >= 15 is 0 Å². The van der Waals surface area contributed by atoms with Gasteiger partial charge in [-0.3, -0.25) is 4.79 Å². The van der Waals surface area contributed by atoms with Gasteiger partial charge in [0.1, 0.15) is 4.21 Å². The lowest BCUT2D eigenvalue weighted by Crippen LogP contribution is -2.54. The van der Waals surface area contributed by atoms with Gasteiger partial charge in [-0.05, 0) is 24.3 Å². The first-order chi connectivity index (χ1) is 10.1. The van der Waals surface area contributed by atoms with Crippen LogP contribution < -0.4 is 10.0 Å². The van der Waals surface area contributed by atoms with Crippen LogP contribution in [-0.4, -0.2) is 51.4 Å². The second-order valence-electron chi connectivity index (χ2n) is 5.51. The average Bonchev–Trinajstić information content (AvgIpc) is 2.91. The third-order valence-corrected chi connectivity index (χ3v) is 6.94. The molecule has 0 unspecified atom stereocenters. The summed E-state index contributed by atoms with van der Waals surface area (Å²) in [5.41, 5.74) is 0. The van der Waals surface area contributed by atoms with Crippen molar-refractivity contribution < 1.29 is 13.2 Å². The Balaban J connectivity index is 1.53. The molecular formula is C13H19N3O3S2. The van der Waals surface area contributed by atoms with E-state index in [1.165, 1.54) is 11.3 Å². The highest BCUT2D eigenvalue weighted by Crippen LogP contribution is 2.20. The second-order valence-corrected chi connectivity index (χ2v) is 8.40. The Hall–Kier alpha value is -0.960. The minimum Gasteiger partial charge on any atom is -0.342 e. The highest BCUT2D eigenvalue weighted by Gasteiger charge is 2.32. The van der Waals surface area contributed by atoms with Crippen molar-refractivity contribution >= 4 is 27.3 Å². The van der Waals surface area contributed by atoms with Crippen LogP contribution >= 0.6 is 11.3 Å². The summed E-state index contributed by atoms with van der Waals surface area (Å²) in [5, 5.41) is 4.85. The van der Waals surface area contributed by atoms with Crippen LogP contribution in [0.15, 0.2) is 21.7 Å². The number of nitrogens with zero attached hydrogens (tertiary/aromatic N) is 1. The Morgan fingerprint density at radius 2 is 2.05 bits per heavy atom. The van der Waals surface area contributed by atoms with Crippen LogP contribution in [0.3, 0.4) is 0 Å². The summed E-state index contributed by atoms with van der Waals surface area (Å²) in [5.74, 6) is 0.317. The van der Waals surface area contributed by atoms with Crippen LogP contribution in [0.5, 0.6) is 0 Å². The normalized spacial score (nSPS) is 21.2.